The van der Waals surface area contributed by atoms with E-state index in [1.54, 1.807) is 38.2 Å². The summed E-state index contributed by atoms with van der Waals surface area (Å²) >= 11 is 0. The number of hydrogen-bond donors (Lipinski definition) is 3. The molecule has 3 N–H and O–H groups in total. The van der Waals surface area contributed by atoms with Crippen molar-refractivity contribution < 1.29 is 38.9 Å². The minimum atomic E-state index is -1.77. The average Bonchev–Trinajstić information content (AvgIpc) is 2.80. The van der Waals surface area contributed by atoms with Crippen LogP contribution in [-0.2, 0) is 28.7 Å². The number of esters is 2. The van der Waals surface area contributed by atoms with Crippen molar-refractivity contribution in [3.8, 4) is 0 Å². The fourth-order valence-corrected chi connectivity index (χ4v) is 4.17. The van der Waals surface area contributed by atoms with Gasteiger partial charge in [-0.05, 0) is 40.2 Å². The molecule has 2 aliphatic heterocycles. The summed E-state index contributed by atoms with van der Waals surface area (Å²) in [5.41, 5.74) is -0.358. The molecule has 0 radical (unpaired) electrons. The van der Waals surface area contributed by atoms with Crippen LogP contribution in [0.25, 0.3) is 0 Å². The number of nitrogens with one attached hydrogen (secondary N) is 1. The van der Waals surface area contributed by atoms with Crippen molar-refractivity contribution in [3.63, 3.8) is 0 Å². The highest BCUT2D eigenvalue weighted by Gasteiger charge is 2.56. The minimum Gasteiger partial charge on any atom is -0.461 e. The molecule has 1 amide bonds. The van der Waals surface area contributed by atoms with Gasteiger partial charge in [0, 0.05) is 13.3 Å². The second-order valence-corrected chi connectivity index (χ2v) is 9.72. The van der Waals surface area contributed by atoms with Crippen molar-refractivity contribution in [3.05, 3.63) is 47.6 Å². The molecule has 1 aliphatic carbocycles. The molecule has 2 bridgehead atoms. The number of ether oxygens (including phenoxy) is 2. The number of fused-ring (bicyclic) bond motifs is 10. The SMILES string of the molecule is CC(=O)O[C@@H]1/C=C\C(C)=C/C[C@@H](O)/C=C/C(C)=C\C(NC(=O)[C@@H](C)O)[C@@]2(C)C(=O)O[C@H](C1)[C@H](C)C2=O. The molecular weight excluding hydrogens is 466 g/mol. The van der Waals surface area contributed by atoms with Gasteiger partial charge in [0.1, 0.15) is 23.7 Å². The van der Waals surface area contributed by atoms with E-state index in [9.17, 15) is 29.4 Å². The Kier molecular flexibility index (Phi) is 9.95. The zero-order valence-corrected chi connectivity index (χ0v) is 21.7. The Hall–Kier alpha value is -3.04. The fraction of sp³-hybridized carbons (Fsp3) is 0.556. The Morgan fingerprint density at radius 2 is 1.83 bits per heavy atom. The van der Waals surface area contributed by atoms with Crippen LogP contribution in [-0.4, -0.2) is 64.3 Å². The third-order valence-electron chi connectivity index (χ3n) is 6.51. The van der Waals surface area contributed by atoms with E-state index in [0.717, 1.165) is 5.57 Å². The number of Topliss-reactive ketones (excluding diaryl/α,β-unsaturated/α-hetero) is 1. The lowest BCUT2D eigenvalue weighted by atomic mass is 9.69. The second kappa shape index (κ2) is 12.3. The minimum absolute atomic E-state index is 0.0713. The molecule has 1 fully saturated rings. The van der Waals surface area contributed by atoms with Gasteiger partial charge >= 0.3 is 11.9 Å². The molecule has 198 valence electrons. The number of carbonyl (C=O) groups excluding carboxylic acids is 4. The van der Waals surface area contributed by atoms with Crippen LogP contribution < -0.4 is 5.32 Å². The maximum absolute atomic E-state index is 13.7. The summed E-state index contributed by atoms with van der Waals surface area (Å²) in [5.74, 6) is -3.31. The quantitative estimate of drug-likeness (QED) is 0.393. The predicted molar refractivity (Wildman–Crippen MR) is 132 cm³/mol. The largest absolute Gasteiger partial charge is 0.461 e. The van der Waals surface area contributed by atoms with Crippen LogP contribution in [0.2, 0.25) is 0 Å². The van der Waals surface area contributed by atoms with E-state index in [4.69, 9.17) is 9.47 Å². The summed E-state index contributed by atoms with van der Waals surface area (Å²) in [4.78, 5) is 51.0. The predicted octanol–water partition coefficient (Wildman–Crippen LogP) is 2.08. The van der Waals surface area contributed by atoms with E-state index >= 15 is 0 Å². The Balaban J connectivity index is 2.60. The van der Waals surface area contributed by atoms with Crippen LogP contribution >= 0.6 is 0 Å². The van der Waals surface area contributed by atoms with Gasteiger partial charge in [-0.25, -0.2) is 0 Å². The summed E-state index contributed by atoms with van der Waals surface area (Å²) < 4.78 is 11.1. The van der Waals surface area contributed by atoms with E-state index < -0.39 is 65.4 Å². The Labute approximate surface area is 211 Å². The highest BCUT2D eigenvalue weighted by atomic mass is 16.6. The lowest BCUT2D eigenvalue weighted by Gasteiger charge is -2.42. The molecule has 3 aliphatic rings. The summed E-state index contributed by atoms with van der Waals surface area (Å²) in [7, 11) is 0. The number of hydrogen-bond acceptors (Lipinski definition) is 8. The highest BCUT2D eigenvalue weighted by molar-refractivity contribution is 6.08. The van der Waals surface area contributed by atoms with Crippen LogP contribution in [0, 0.1) is 11.3 Å². The number of aliphatic hydroxyl groups is 2. The van der Waals surface area contributed by atoms with Crippen LogP contribution in [0.5, 0.6) is 0 Å². The maximum atomic E-state index is 13.7. The van der Waals surface area contributed by atoms with Crippen molar-refractivity contribution in [2.45, 2.75) is 84.8 Å². The van der Waals surface area contributed by atoms with Crippen molar-refractivity contribution in [2.75, 3.05) is 0 Å². The first-order valence-corrected chi connectivity index (χ1v) is 12.1. The lowest BCUT2D eigenvalue weighted by Crippen LogP contribution is -2.62. The van der Waals surface area contributed by atoms with E-state index in [-0.39, 0.29) is 6.42 Å². The molecule has 1 saturated heterocycles. The molecule has 0 aromatic carbocycles. The Morgan fingerprint density at radius 1 is 1.19 bits per heavy atom. The third-order valence-corrected chi connectivity index (χ3v) is 6.51. The van der Waals surface area contributed by atoms with Crippen molar-refractivity contribution >= 4 is 23.6 Å². The maximum Gasteiger partial charge on any atom is 0.322 e. The Morgan fingerprint density at radius 3 is 2.44 bits per heavy atom. The van der Waals surface area contributed by atoms with Gasteiger partial charge in [-0.15, -0.1) is 0 Å². The molecule has 3 rings (SSSR count). The molecule has 36 heavy (non-hydrogen) atoms. The summed E-state index contributed by atoms with van der Waals surface area (Å²) in [6.07, 6.45) is 6.59. The smallest absolute Gasteiger partial charge is 0.322 e. The first-order chi connectivity index (χ1) is 16.7. The molecule has 0 spiro atoms. The summed E-state index contributed by atoms with van der Waals surface area (Å²) in [6, 6.07) is -1.12. The Bertz CT molecular complexity index is 992. The third kappa shape index (κ3) is 7.24. The zero-order valence-electron chi connectivity index (χ0n) is 21.7. The van der Waals surface area contributed by atoms with Gasteiger partial charge in [-0.1, -0.05) is 48.5 Å². The number of carbonyl (C=O) groups is 4. The van der Waals surface area contributed by atoms with Crippen LogP contribution in [0.15, 0.2) is 47.6 Å². The fourth-order valence-electron chi connectivity index (χ4n) is 4.17. The van der Waals surface area contributed by atoms with Crippen molar-refractivity contribution in [1.82, 2.24) is 5.32 Å². The summed E-state index contributed by atoms with van der Waals surface area (Å²) in [5, 5.41) is 22.7. The van der Waals surface area contributed by atoms with E-state index in [2.05, 4.69) is 5.32 Å². The number of rotatable bonds is 3. The molecule has 1 unspecified atom stereocenters. The second-order valence-electron chi connectivity index (χ2n) is 9.72. The molecule has 0 aromatic rings. The topological polar surface area (TPSA) is 139 Å². The standard InChI is InChI=1S/C27H37NO8/c1-15-7-10-20(31)11-8-16(2)13-23(28-25(33)18(4)29)27(6)24(32)17(3)22(36-26(27)34)14-21(12-9-15)35-19(5)30/h7-9,11-13,17-18,20-23,29,31H,10,14H2,1-6H3,(H,28,33)/b11-8+,12-9-,15-7-,16-13-/t17-,18+,20+,21+,22+,23?,27+/m0/s1. The monoisotopic (exact) mass is 503 g/mol. The van der Waals surface area contributed by atoms with Gasteiger partial charge in [-0.2, -0.15) is 0 Å². The molecule has 7 atom stereocenters. The number of ketones is 1. The van der Waals surface area contributed by atoms with Crippen molar-refractivity contribution in [2.24, 2.45) is 11.3 Å². The van der Waals surface area contributed by atoms with E-state index in [1.807, 2.05) is 13.0 Å². The molecule has 9 heteroatoms. The summed E-state index contributed by atoms with van der Waals surface area (Å²) in [6.45, 7) is 9.13. The molecule has 0 saturated carbocycles. The van der Waals surface area contributed by atoms with Gasteiger partial charge in [0.2, 0.25) is 5.91 Å². The van der Waals surface area contributed by atoms with Gasteiger partial charge in [0.25, 0.3) is 0 Å². The van der Waals surface area contributed by atoms with Crippen LogP contribution in [0.4, 0.5) is 0 Å². The normalized spacial score (nSPS) is 37.3. The number of amides is 1. The molecular formula is C27H37NO8. The van der Waals surface area contributed by atoms with E-state index in [1.165, 1.54) is 26.8 Å². The van der Waals surface area contributed by atoms with Gasteiger partial charge in [-0.3, -0.25) is 19.2 Å². The van der Waals surface area contributed by atoms with Gasteiger partial charge in [0.05, 0.1) is 18.1 Å². The molecule has 9 nitrogen and oxygen atoms in total. The lowest BCUT2D eigenvalue weighted by molar-refractivity contribution is -0.182. The number of allylic oxidation sites excluding steroid dienone is 4. The van der Waals surface area contributed by atoms with Crippen molar-refractivity contribution in [1.29, 1.82) is 0 Å². The first-order valence-electron chi connectivity index (χ1n) is 12.1. The van der Waals surface area contributed by atoms with E-state index in [0.29, 0.717) is 12.0 Å². The average molecular weight is 504 g/mol. The van der Waals surface area contributed by atoms with Gasteiger partial charge in [0.15, 0.2) is 5.78 Å². The number of aliphatic hydroxyl groups excluding tert-OH is 2. The molecule has 2 heterocycles. The highest BCUT2D eigenvalue weighted by Crippen LogP contribution is 2.38. The van der Waals surface area contributed by atoms with Gasteiger partial charge < -0.3 is 25.0 Å². The first kappa shape index (κ1) is 29.2. The zero-order chi connectivity index (χ0) is 27.2. The van der Waals surface area contributed by atoms with Crippen LogP contribution in [0.3, 0.4) is 0 Å². The van der Waals surface area contributed by atoms with Crippen LogP contribution in [0.1, 0.15) is 54.4 Å². The molecule has 0 aromatic heterocycles.